The third kappa shape index (κ3) is 4.38. The van der Waals surface area contributed by atoms with Crippen molar-refractivity contribution in [2.75, 3.05) is 6.61 Å². The van der Waals surface area contributed by atoms with Crippen LogP contribution in [-0.4, -0.2) is 28.0 Å². The molecule has 3 aromatic rings. The van der Waals surface area contributed by atoms with Crippen LogP contribution in [0.3, 0.4) is 0 Å². The number of carbonyl (C=O) groups excluding carboxylic acids is 2. The Balaban J connectivity index is 1.86. The molecule has 2 aromatic heterocycles. The van der Waals surface area contributed by atoms with Crippen molar-refractivity contribution < 1.29 is 18.7 Å². The van der Waals surface area contributed by atoms with Crippen molar-refractivity contribution >= 4 is 34.6 Å². The molecule has 0 aliphatic carbocycles. The Hall–Kier alpha value is -3.13. The van der Waals surface area contributed by atoms with Gasteiger partial charge in [-0.05, 0) is 38.0 Å². The lowest BCUT2D eigenvalue weighted by atomic mass is 10.0. The second kappa shape index (κ2) is 9.13. The number of esters is 1. The van der Waals surface area contributed by atoms with E-state index in [4.69, 9.17) is 20.8 Å². The maximum atomic E-state index is 12.9. The molecule has 9 heteroatoms. The zero-order valence-corrected chi connectivity index (χ0v) is 17.7. The number of carbonyl (C=O) groups is 2. The van der Waals surface area contributed by atoms with E-state index in [0.717, 1.165) is 10.1 Å². The van der Waals surface area contributed by atoms with Crippen LogP contribution in [0.25, 0.3) is 11.1 Å². The molecule has 158 valence electrons. The predicted octanol–water partition coefficient (Wildman–Crippen LogP) is 3.40. The highest BCUT2D eigenvalue weighted by atomic mass is 35.5. The largest absolute Gasteiger partial charge is 0.462 e. The molecule has 1 amide bonds. The van der Waals surface area contributed by atoms with Crippen LogP contribution in [0.15, 0.2) is 39.8 Å². The number of furan rings is 1. The highest BCUT2D eigenvalue weighted by molar-refractivity contribution is 6.30. The van der Waals surface area contributed by atoms with E-state index in [1.165, 1.54) is 6.33 Å². The van der Waals surface area contributed by atoms with E-state index in [9.17, 15) is 14.4 Å². The number of benzene rings is 1. The van der Waals surface area contributed by atoms with E-state index in [2.05, 4.69) is 10.3 Å². The van der Waals surface area contributed by atoms with Crippen LogP contribution in [-0.2, 0) is 16.1 Å². The Labute approximate surface area is 177 Å². The van der Waals surface area contributed by atoms with Crippen LogP contribution in [0.5, 0.6) is 0 Å². The van der Waals surface area contributed by atoms with Gasteiger partial charge in [0.25, 0.3) is 5.56 Å². The Kier molecular flexibility index (Phi) is 6.56. The van der Waals surface area contributed by atoms with Crippen LogP contribution in [0, 0.1) is 6.92 Å². The monoisotopic (exact) mass is 431 g/mol. The number of aryl methyl sites for hydroxylation is 1. The van der Waals surface area contributed by atoms with Gasteiger partial charge in [0.15, 0.2) is 0 Å². The summed E-state index contributed by atoms with van der Waals surface area (Å²) in [4.78, 5) is 41.9. The second-order valence-corrected chi connectivity index (χ2v) is 7.13. The smallest absolute Gasteiger partial charge is 0.342 e. The molecule has 0 spiro atoms. The lowest BCUT2D eigenvalue weighted by molar-refractivity contribution is -0.122. The molecule has 1 N–H and O–H groups in total. The zero-order chi connectivity index (χ0) is 21.8. The molecule has 8 nitrogen and oxygen atoms in total. The first-order valence-electron chi connectivity index (χ1n) is 9.56. The van der Waals surface area contributed by atoms with Crippen LogP contribution < -0.4 is 10.9 Å². The summed E-state index contributed by atoms with van der Waals surface area (Å²) in [5.74, 6) is -0.786. The molecule has 3 rings (SSSR count). The van der Waals surface area contributed by atoms with Crippen LogP contribution in [0.2, 0.25) is 5.02 Å². The summed E-state index contributed by atoms with van der Waals surface area (Å²) < 4.78 is 11.6. The number of rotatable bonds is 7. The lowest BCUT2D eigenvalue weighted by Gasteiger charge is -2.18. The highest BCUT2D eigenvalue weighted by Crippen LogP contribution is 2.22. The van der Waals surface area contributed by atoms with Gasteiger partial charge in [0, 0.05) is 5.02 Å². The van der Waals surface area contributed by atoms with Crippen molar-refractivity contribution in [3.8, 4) is 0 Å². The minimum atomic E-state index is -0.663. The van der Waals surface area contributed by atoms with Crippen LogP contribution in [0.1, 0.15) is 48.0 Å². The molecule has 0 aliphatic heterocycles. The molecular weight excluding hydrogens is 410 g/mol. The molecule has 1 atom stereocenters. The van der Waals surface area contributed by atoms with Crippen molar-refractivity contribution in [1.29, 1.82) is 0 Å². The number of fused-ring (bicyclic) bond motifs is 1. The van der Waals surface area contributed by atoms with Gasteiger partial charge in [0.05, 0.1) is 12.6 Å². The third-order valence-corrected chi connectivity index (χ3v) is 4.92. The summed E-state index contributed by atoms with van der Waals surface area (Å²) in [7, 11) is 0. The van der Waals surface area contributed by atoms with E-state index in [0.29, 0.717) is 11.4 Å². The van der Waals surface area contributed by atoms with E-state index in [1.807, 2.05) is 19.1 Å². The minimum Gasteiger partial charge on any atom is -0.462 e. The average molecular weight is 432 g/mol. The topological polar surface area (TPSA) is 103 Å². The van der Waals surface area contributed by atoms with E-state index in [-0.39, 0.29) is 47.5 Å². The summed E-state index contributed by atoms with van der Waals surface area (Å²) in [5, 5.41) is 3.52. The SMILES string of the molecule is CCOC(=O)c1c(C)oc2ncn(CC(=O)N[C@H](CC)c3ccc(Cl)cc3)c(=O)c12. The number of nitrogens with one attached hydrogen (secondary N) is 1. The molecule has 2 heterocycles. The van der Waals surface area contributed by atoms with Gasteiger partial charge >= 0.3 is 5.97 Å². The summed E-state index contributed by atoms with van der Waals surface area (Å²) in [6, 6.07) is 6.97. The quantitative estimate of drug-likeness (QED) is 0.575. The molecule has 0 fully saturated rings. The van der Waals surface area contributed by atoms with Gasteiger partial charge in [-0.2, -0.15) is 0 Å². The average Bonchev–Trinajstić information content (AvgIpc) is 3.06. The maximum absolute atomic E-state index is 12.9. The Morgan fingerprint density at radius 1 is 1.27 bits per heavy atom. The van der Waals surface area contributed by atoms with Crippen molar-refractivity contribution in [3.05, 3.63) is 62.9 Å². The standard InChI is InChI=1S/C21H22ClN3O5/c1-4-15(13-6-8-14(22)9-7-13)24-16(26)10-25-11-23-19-18(20(25)27)17(12(3)30-19)21(28)29-5-2/h6-9,11,15H,4-5,10H2,1-3H3,(H,24,26)/t15-/m1/s1. The molecule has 0 radical (unpaired) electrons. The predicted molar refractivity (Wildman–Crippen MR) is 112 cm³/mol. The zero-order valence-electron chi connectivity index (χ0n) is 16.9. The van der Waals surface area contributed by atoms with Crippen molar-refractivity contribution in [3.63, 3.8) is 0 Å². The first-order valence-corrected chi connectivity index (χ1v) is 9.93. The van der Waals surface area contributed by atoms with Gasteiger partial charge in [-0.3, -0.25) is 14.2 Å². The first kappa shape index (κ1) is 21.6. The third-order valence-electron chi connectivity index (χ3n) is 4.66. The molecule has 30 heavy (non-hydrogen) atoms. The van der Waals surface area contributed by atoms with Crippen LogP contribution in [0.4, 0.5) is 0 Å². The lowest BCUT2D eigenvalue weighted by Crippen LogP contribution is -2.34. The van der Waals surface area contributed by atoms with E-state index < -0.39 is 11.5 Å². The summed E-state index contributed by atoms with van der Waals surface area (Å²) in [6.07, 6.45) is 1.89. The van der Waals surface area contributed by atoms with Gasteiger partial charge in [-0.1, -0.05) is 30.7 Å². The van der Waals surface area contributed by atoms with Crippen LogP contribution >= 0.6 is 11.6 Å². The van der Waals surface area contributed by atoms with Crippen molar-refractivity contribution in [2.24, 2.45) is 0 Å². The molecule has 0 unspecified atom stereocenters. The minimum absolute atomic E-state index is 0.00555. The molecule has 0 bridgehead atoms. The summed E-state index contributed by atoms with van der Waals surface area (Å²) in [6.45, 7) is 5.08. The molecule has 0 saturated carbocycles. The number of halogens is 1. The van der Waals surface area contributed by atoms with Gasteiger partial charge in [-0.25, -0.2) is 9.78 Å². The number of hydrogen-bond acceptors (Lipinski definition) is 6. The van der Waals surface area contributed by atoms with E-state index in [1.54, 1.807) is 26.0 Å². The van der Waals surface area contributed by atoms with Gasteiger partial charge in [0.2, 0.25) is 11.6 Å². The summed E-state index contributed by atoms with van der Waals surface area (Å²) in [5.41, 5.74) is 0.428. The summed E-state index contributed by atoms with van der Waals surface area (Å²) >= 11 is 5.92. The second-order valence-electron chi connectivity index (χ2n) is 6.69. The number of ether oxygens (including phenoxy) is 1. The fraction of sp³-hybridized carbons (Fsp3) is 0.333. The van der Waals surface area contributed by atoms with Crippen molar-refractivity contribution in [2.45, 2.75) is 39.8 Å². The first-order chi connectivity index (χ1) is 14.3. The number of hydrogen-bond donors (Lipinski definition) is 1. The number of amides is 1. The Bertz CT molecular complexity index is 1130. The number of nitrogens with zero attached hydrogens (tertiary/aromatic N) is 2. The van der Waals surface area contributed by atoms with Gasteiger partial charge < -0.3 is 14.5 Å². The molecule has 0 aliphatic rings. The van der Waals surface area contributed by atoms with Gasteiger partial charge in [-0.15, -0.1) is 0 Å². The molecule has 1 aromatic carbocycles. The maximum Gasteiger partial charge on any atom is 0.342 e. The number of aromatic nitrogens is 2. The van der Waals surface area contributed by atoms with E-state index >= 15 is 0 Å². The normalized spacial score (nSPS) is 12.0. The molecule has 0 saturated heterocycles. The Morgan fingerprint density at radius 3 is 2.60 bits per heavy atom. The molecular formula is C21H22ClN3O5. The highest BCUT2D eigenvalue weighted by Gasteiger charge is 2.24. The Morgan fingerprint density at radius 2 is 1.97 bits per heavy atom. The fourth-order valence-corrected chi connectivity index (χ4v) is 3.34. The van der Waals surface area contributed by atoms with Crippen molar-refractivity contribution in [1.82, 2.24) is 14.9 Å². The fourth-order valence-electron chi connectivity index (χ4n) is 3.21. The van der Waals surface area contributed by atoms with Gasteiger partial charge in [0.1, 0.15) is 29.6 Å².